The van der Waals surface area contributed by atoms with E-state index in [4.69, 9.17) is 10.5 Å². The Kier molecular flexibility index (Phi) is 6.35. The van der Waals surface area contributed by atoms with Gasteiger partial charge in [-0.05, 0) is 30.3 Å². The number of guanidine groups is 1. The Balaban J connectivity index is 1.72. The predicted octanol–water partition coefficient (Wildman–Crippen LogP) is 4.84. The minimum Gasteiger partial charge on any atom is -0.439 e. The molecule has 10 heteroatoms. The molecule has 3 N–H and O–H groups in total. The molecule has 3 rings (SSSR count). The van der Waals surface area contributed by atoms with Gasteiger partial charge < -0.3 is 20.5 Å². The number of anilines is 1. The average molecular weight is 420 g/mol. The first kappa shape index (κ1) is 20.9. The Hall–Kier alpha value is -3.82. The van der Waals surface area contributed by atoms with Crippen molar-refractivity contribution in [3.05, 3.63) is 78.2 Å². The van der Waals surface area contributed by atoms with Crippen molar-refractivity contribution in [3.8, 4) is 17.4 Å². The SMILES string of the molecule is NC(=NCc1cccnc1Oc1cccc(F)c1)Nc1ccccc1OC(F)(F)F. The second-order valence-corrected chi connectivity index (χ2v) is 5.90. The van der Waals surface area contributed by atoms with Crippen LogP contribution in [-0.4, -0.2) is 17.3 Å². The van der Waals surface area contributed by atoms with Gasteiger partial charge in [0, 0.05) is 17.8 Å². The molecule has 0 aliphatic carbocycles. The lowest BCUT2D eigenvalue weighted by Gasteiger charge is -2.14. The number of nitrogens with one attached hydrogen (secondary N) is 1. The lowest BCUT2D eigenvalue weighted by atomic mass is 10.2. The number of hydrogen-bond donors (Lipinski definition) is 2. The number of aromatic nitrogens is 1. The molecular weight excluding hydrogens is 404 g/mol. The fourth-order valence-electron chi connectivity index (χ4n) is 2.41. The summed E-state index contributed by atoms with van der Waals surface area (Å²) < 4.78 is 60.4. The fourth-order valence-corrected chi connectivity index (χ4v) is 2.41. The predicted molar refractivity (Wildman–Crippen MR) is 103 cm³/mol. The molecule has 0 saturated heterocycles. The normalized spacial score (nSPS) is 11.8. The van der Waals surface area contributed by atoms with Gasteiger partial charge in [0.2, 0.25) is 5.88 Å². The molecule has 0 radical (unpaired) electrons. The zero-order valence-corrected chi connectivity index (χ0v) is 15.4. The van der Waals surface area contributed by atoms with Crippen LogP contribution in [0.5, 0.6) is 17.4 Å². The minimum atomic E-state index is -4.84. The number of alkyl halides is 3. The van der Waals surface area contributed by atoms with Gasteiger partial charge in [-0.2, -0.15) is 0 Å². The van der Waals surface area contributed by atoms with Crippen molar-refractivity contribution in [3.63, 3.8) is 0 Å². The van der Waals surface area contributed by atoms with Crippen molar-refractivity contribution >= 4 is 11.6 Å². The molecular formula is C20H16F4N4O2. The van der Waals surface area contributed by atoms with Gasteiger partial charge in [-0.1, -0.05) is 24.3 Å². The molecule has 156 valence electrons. The van der Waals surface area contributed by atoms with Crippen molar-refractivity contribution in [2.75, 3.05) is 5.32 Å². The molecule has 2 aromatic carbocycles. The highest BCUT2D eigenvalue weighted by Crippen LogP contribution is 2.30. The third-order valence-corrected chi connectivity index (χ3v) is 3.66. The number of halogens is 4. The lowest BCUT2D eigenvalue weighted by molar-refractivity contribution is -0.274. The van der Waals surface area contributed by atoms with Crippen LogP contribution in [-0.2, 0) is 6.54 Å². The van der Waals surface area contributed by atoms with Crippen LogP contribution in [0.4, 0.5) is 23.2 Å². The van der Waals surface area contributed by atoms with Gasteiger partial charge in [-0.25, -0.2) is 14.4 Å². The molecule has 0 amide bonds. The van der Waals surface area contributed by atoms with Crippen LogP contribution in [0.15, 0.2) is 71.9 Å². The quantitative estimate of drug-likeness (QED) is 0.339. The number of nitrogens with two attached hydrogens (primary N) is 1. The van der Waals surface area contributed by atoms with E-state index >= 15 is 0 Å². The molecule has 0 saturated carbocycles. The topological polar surface area (TPSA) is 81.8 Å². The van der Waals surface area contributed by atoms with E-state index in [1.807, 2.05) is 0 Å². The maximum absolute atomic E-state index is 13.3. The van der Waals surface area contributed by atoms with Crippen LogP contribution in [0.1, 0.15) is 5.56 Å². The number of ether oxygens (including phenoxy) is 2. The summed E-state index contributed by atoms with van der Waals surface area (Å²) in [5.41, 5.74) is 6.33. The third-order valence-electron chi connectivity index (χ3n) is 3.66. The van der Waals surface area contributed by atoms with Crippen molar-refractivity contribution in [1.82, 2.24) is 4.98 Å². The molecule has 0 bridgehead atoms. The number of hydrogen-bond acceptors (Lipinski definition) is 4. The van der Waals surface area contributed by atoms with Gasteiger partial charge in [0.05, 0.1) is 12.2 Å². The highest BCUT2D eigenvalue weighted by Gasteiger charge is 2.32. The third kappa shape index (κ3) is 6.09. The first-order valence-corrected chi connectivity index (χ1v) is 8.59. The maximum atomic E-state index is 13.3. The molecule has 3 aromatic rings. The largest absolute Gasteiger partial charge is 0.573 e. The average Bonchev–Trinajstić information content (AvgIpc) is 2.68. The number of benzene rings is 2. The van der Waals surface area contributed by atoms with Gasteiger partial charge in [-0.3, -0.25) is 0 Å². The maximum Gasteiger partial charge on any atom is 0.573 e. The summed E-state index contributed by atoms with van der Waals surface area (Å²) in [6.07, 6.45) is -3.35. The van der Waals surface area contributed by atoms with Gasteiger partial charge in [0.15, 0.2) is 11.7 Å². The highest BCUT2D eigenvalue weighted by molar-refractivity contribution is 5.93. The molecule has 0 atom stereocenters. The Labute approximate surface area is 169 Å². The lowest BCUT2D eigenvalue weighted by Crippen LogP contribution is -2.24. The Morgan fingerprint density at radius 2 is 1.87 bits per heavy atom. The van der Waals surface area contributed by atoms with Gasteiger partial charge in [0.1, 0.15) is 11.6 Å². The standard InChI is InChI=1S/C20H16F4N4O2/c21-14-6-3-7-15(11-14)29-18-13(5-4-10-26-18)12-27-19(25)28-16-8-1-2-9-17(16)30-20(22,23)24/h1-11H,12H2,(H3,25,27,28). The number of aliphatic imine (C=N–C) groups is 1. The first-order chi connectivity index (χ1) is 14.3. The van der Waals surface area contributed by atoms with Gasteiger partial charge in [-0.15, -0.1) is 13.2 Å². The van der Waals surface area contributed by atoms with E-state index in [1.165, 1.54) is 42.6 Å². The highest BCUT2D eigenvalue weighted by atomic mass is 19.4. The summed E-state index contributed by atoms with van der Waals surface area (Å²) >= 11 is 0. The van der Waals surface area contributed by atoms with Crippen LogP contribution in [0.2, 0.25) is 0 Å². The van der Waals surface area contributed by atoms with Gasteiger partial charge in [0.25, 0.3) is 0 Å². The zero-order chi connectivity index (χ0) is 21.6. The number of pyridine rings is 1. The summed E-state index contributed by atoms with van der Waals surface area (Å²) in [7, 11) is 0. The van der Waals surface area contributed by atoms with Crippen molar-refractivity contribution in [2.45, 2.75) is 12.9 Å². The Bertz CT molecular complexity index is 1040. The second-order valence-electron chi connectivity index (χ2n) is 5.90. The Morgan fingerprint density at radius 3 is 2.63 bits per heavy atom. The molecule has 0 aliphatic heterocycles. The zero-order valence-electron chi connectivity index (χ0n) is 15.4. The monoisotopic (exact) mass is 420 g/mol. The number of para-hydroxylation sites is 2. The van der Waals surface area contributed by atoms with Gasteiger partial charge >= 0.3 is 6.36 Å². The van der Waals surface area contributed by atoms with E-state index in [1.54, 1.807) is 18.2 Å². The molecule has 0 spiro atoms. The molecule has 1 heterocycles. The number of rotatable bonds is 6. The molecule has 30 heavy (non-hydrogen) atoms. The first-order valence-electron chi connectivity index (χ1n) is 8.59. The summed E-state index contributed by atoms with van der Waals surface area (Å²) in [4.78, 5) is 8.20. The van der Waals surface area contributed by atoms with Crippen LogP contribution in [0.25, 0.3) is 0 Å². The van der Waals surface area contributed by atoms with E-state index in [-0.39, 0.29) is 29.8 Å². The van der Waals surface area contributed by atoms with E-state index < -0.39 is 17.9 Å². The van der Waals surface area contributed by atoms with E-state index in [0.29, 0.717) is 5.56 Å². The van der Waals surface area contributed by atoms with Crippen molar-refractivity contribution in [2.24, 2.45) is 10.7 Å². The van der Waals surface area contributed by atoms with Crippen molar-refractivity contribution < 1.29 is 27.0 Å². The van der Waals surface area contributed by atoms with Crippen LogP contribution in [0, 0.1) is 5.82 Å². The second kappa shape index (κ2) is 9.12. The molecule has 1 aromatic heterocycles. The smallest absolute Gasteiger partial charge is 0.439 e. The van der Waals surface area contributed by atoms with Crippen LogP contribution < -0.4 is 20.5 Å². The summed E-state index contributed by atoms with van der Waals surface area (Å²) in [5, 5.41) is 2.57. The van der Waals surface area contributed by atoms with Crippen LogP contribution in [0.3, 0.4) is 0 Å². The summed E-state index contributed by atoms with van der Waals surface area (Å²) in [6, 6.07) is 14.3. The van der Waals surface area contributed by atoms with E-state index in [9.17, 15) is 17.6 Å². The molecule has 0 aliphatic rings. The van der Waals surface area contributed by atoms with Crippen LogP contribution >= 0.6 is 0 Å². The Morgan fingerprint density at radius 1 is 1.07 bits per heavy atom. The fraction of sp³-hybridized carbons (Fsp3) is 0.100. The molecule has 0 fully saturated rings. The number of nitrogens with zero attached hydrogens (tertiary/aromatic N) is 2. The summed E-state index contributed by atoms with van der Waals surface area (Å²) in [6.45, 7) is 0.0135. The minimum absolute atomic E-state index is 0.00139. The van der Waals surface area contributed by atoms with Crippen molar-refractivity contribution in [1.29, 1.82) is 0 Å². The molecule has 0 unspecified atom stereocenters. The van der Waals surface area contributed by atoms with E-state index in [0.717, 1.165) is 6.07 Å². The molecule has 6 nitrogen and oxygen atoms in total. The summed E-state index contributed by atoms with van der Waals surface area (Å²) in [5.74, 6) is -0.603. The van der Waals surface area contributed by atoms with E-state index in [2.05, 4.69) is 20.0 Å².